The van der Waals surface area contributed by atoms with Crippen molar-refractivity contribution in [3.05, 3.63) is 97.1 Å². The number of aliphatic hydroxyl groups is 1. The molecule has 244 valence electrons. The van der Waals surface area contributed by atoms with Crippen molar-refractivity contribution in [1.82, 2.24) is 14.7 Å². The Morgan fingerprint density at radius 3 is 2.26 bits per heavy atom. The molecule has 2 unspecified atom stereocenters. The van der Waals surface area contributed by atoms with Crippen molar-refractivity contribution in [3.63, 3.8) is 0 Å². The molecule has 1 saturated carbocycles. The van der Waals surface area contributed by atoms with E-state index in [9.17, 15) is 9.90 Å². The molecule has 1 N–H and O–H groups in total. The van der Waals surface area contributed by atoms with Crippen LogP contribution in [0.2, 0.25) is 0 Å². The monoisotopic (exact) mass is 641 g/mol. The van der Waals surface area contributed by atoms with Gasteiger partial charge < -0.3 is 19.8 Å². The highest BCUT2D eigenvalue weighted by atomic mass is 32.2. The number of fused-ring (bicyclic) bond motifs is 1. The molecule has 3 amide bonds. The van der Waals surface area contributed by atoms with Crippen molar-refractivity contribution in [2.75, 3.05) is 19.7 Å². The van der Waals surface area contributed by atoms with Gasteiger partial charge >= 0.3 is 0 Å². The number of thioether (sulfide) groups is 1. The quantitative estimate of drug-likeness (QED) is 0.298. The van der Waals surface area contributed by atoms with Crippen LogP contribution < -0.4 is 0 Å². The highest BCUT2D eigenvalue weighted by Crippen LogP contribution is 2.72. The van der Waals surface area contributed by atoms with Gasteiger partial charge in [-0.2, -0.15) is 0 Å². The minimum absolute atomic E-state index is 0.0674. The summed E-state index contributed by atoms with van der Waals surface area (Å²) in [6.07, 6.45) is 10.1. The first-order valence-corrected chi connectivity index (χ1v) is 17.6. The first-order valence-electron chi connectivity index (χ1n) is 16.8. The third-order valence-corrected chi connectivity index (χ3v) is 12.9. The van der Waals surface area contributed by atoms with E-state index in [0.29, 0.717) is 26.1 Å². The molecule has 6 rings (SSSR count). The summed E-state index contributed by atoms with van der Waals surface area (Å²) in [7, 11) is 0. The first-order chi connectivity index (χ1) is 22.3. The van der Waals surface area contributed by atoms with E-state index in [1.807, 2.05) is 70.5 Å². The third kappa shape index (κ3) is 5.51. The molecule has 46 heavy (non-hydrogen) atoms. The molecule has 0 radical (unpaired) electrons. The normalized spacial score (nSPS) is 29.3. The van der Waals surface area contributed by atoms with Gasteiger partial charge in [-0.25, -0.2) is 0 Å². The second-order valence-corrected chi connectivity index (χ2v) is 15.5. The molecule has 4 fully saturated rings. The third-order valence-electron chi connectivity index (χ3n) is 10.9. The number of aliphatic hydroxyl groups excluding tert-OH is 1. The number of nitrogens with zero attached hydrogens (tertiary/aromatic N) is 3. The van der Waals surface area contributed by atoms with Crippen LogP contribution in [0.4, 0.5) is 0 Å². The molecule has 3 saturated heterocycles. The highest BCUT2D eigenvalue weighted by Gasteiger charge is 2.78. The number of benzene rings is 2. The van der Waals surface area contributed by atoms with E-state index in [1.54, 1.807) is 28.8 Å². The fraction of sp³-hybridized carbons (Fsp3) is 0.500. The Kier molecular flexibility index (Phi) is 9.49. The van der Waals surface area contributed by atoms with Crippen molar-refractivity contribution in [2.24, 2.45) is 11.8 Å². The molecule has 3 aliphatic heterocycles. The molecule has 3 heterocycles. The zero-order valence-electron chi connectivity index (χ0n) is 26.9. The molecule has 1 spiro atoms. The van der Waals surface area contributed by atoms with Crippen LogP contribution in [0.15, 0.2) is 86.0 Å². The smallest absolute Gasteiger partial charge is 0.247 e. The minimum Gasteiger partial charge on any atom is -0.394 e. The van der Waals surface area contributed by atoms with Crippen LogP contribution in [-0.2, 0) is 20.9 Å². The lowest BCUT2D eigenvalue weighted by molar-refractivity contribution is -0.148. The Morgan fingerprint density at radius 2 is 1.63 bits per heavy atom. The zero-order valence-corrected chi connectivity index (χ0v) is 27.7. The van der Waals surface area contributed by atoms with Gasteiger partial charge in [0.05, 0.1) is 29.2 Å². The predicted octanol–water partition coefficient (Wildman–Crippen LogP) is 5.76. The topological polar surface area (TPSA) is 81.2 Å². The van der Waals surface area contributed by atoms with Crippen molar-refractivity contribution in [1.29, 1.82) is 0 Å². The average molecular weight is 642 g/mol. The van der Waals surface area contributed by atoms with E-state index >= 15 is 9.59 Å². The van der Waals surface area contributed by atoms with Gasteiger partial charge in [0, 0.05) is 30.4 Å². The van der Waals surface area contributed by atoms with Gasteiger partial charge in [0.2, 0.25) is 17.7 Å². The maximum Gasteiger partial charge on any atom is 0.247 e. The molecule has 6 atom stereocenters. The lowest BCUT2D eigenvalue weighted by Gasteiger charge is -2.42. The molecule has 1 aliphatic carbocycles. The van der Waals surface area contributed by atoms with E-state index in [2.05, 4.69) is 20.1 Å². The van der Waals surface area contributed by atoms with Crippen LogP contribution in [0.3, 0.4) is 0 Å². The largest absolute Gasteiger partial charge is 0.394 e. The summed E-state index contributed by atoms with van der Waals surface area (Å²) in [5.74, 6) is -1.61. The first kappa shape index (κ1) is 32.6. The van der Waals surface area contributed by atoms with E-state index in [-0.39, 0.29) is 30.4 Å². The molecule has 0 aromatic heterocycles. The van der Waals surface area contributed by atoms with Crippen LogP contribution in [0.25, 0.3) is 0 Å². The van der Waals surface area contributed by atoms with Crippen LogP contribution in [0, 0.1) is 11.8 Å². The Labute approximate surface area is 277 Å². The minimum atomic E-state index is -0.796. The van der Waals surface area contributed by atoms with Gasteiger partial charge in [-0.1, -0.05) is 92.1 Å². The zero-order chi connectivity index (χ0) is 32.5. The molecular weight excluding hydrogens is 595 g/mol. The maximum absolute atomic E-state index is 15.1. The van der Waals surface area contributed by atoms with Gasteiger partial charge in [-0.15, -0.1) is 24.9 Å². The van der Waals surface area contributed by atoms with Crippen molar-refractivity contribution >= 4 is 29.5 Å². The molecule has 8 heteroatoms. The lowest BCUT2D eigenvalue weighted by Crippen LogP contribution is -2.58. The second kappa shape index (κ2) is 13.4. The fourth-order valence-electron chi connectivity index (χ4n) is 8.88. The Bertz CT molecular complexity index is 1450. The number of amides is 3. The summed E-state index contributed by atoms with van der Waals surface area (Å²) in [5.41, 5.74) is 1.80. The fourth-order valence-corrected chi connectivity index (χ4v) is 11.2. The molecule has 2 aromatic carbocycles. The van der Waals surface area contributed by atoms with Crippen molar-refractivity contribution in [2.45, 2.75) is 86.0 Å². The van der Waals surface area contributed by atoms with Gasteiger partial charge in [-0.05, 0) is 43.7 Å². The number of likely N-dealkylation sites (tertiary alicyclic amines) is 1. The van der Waals surface area contributed by atoms with Gasteiger partial charge in [0.25, 0.3) is 0 Å². The van der Waals surface area contributed by atoms with E-state index < -0.39 is 33.4 Å². The lowest BCUT2D eigenvalue weighted by atomic mass is 9.66. The highest BCUT2D eigenvalue weighted by molar-refractivity contribution is 8.02. The number of carbonyl (C=O) groups is 3. The molecular formula is C38H47N3O4S. The van der Waals surface area contributed by atoms with Gasteiger partial charge in [0.15, 0.2) is 0 Å². The second-order valence-electron chi connectivity index (χ2n) is 13.6. The maximum atomic E-state index is 15.1. The van der Waals surface area contributed by atoms with Gasteiger partial charge in [-0.3, -0.25) is 14.4 Å². The summed E-state index contributed by atoms with van der Waals surface area (Å²) >= 11 is 1.69. The van der Waals surface area contributed by atoms with Crippen molar-refractivity contribution < 1.29 is 19.5 Å². The molecule has 4 aliphatic rings. The van der Waals surface area contributed by atoms with Crippen molar-refractivity contribution in [3.8, 4) is 0 Å². The van der Waals surface area contributed by atoms with E-state index in [1.165, 1.54) is 0 Å². The predicted molar refractivity (Wildman–Crippen MR) is 183 cm³/mol. The summed E-state index contributed by atoms with van der Waals surface area (Å²) in [6.45, 7) is 10.9. The van der Waals surface area contributed by atoms with Crippen LogP contribution in [-0.4, -0.2) is 78.8 Å². The number of carbonyl (C=O) groups excluding carboxylic acids is 3. The number of hydrogen-bond donors (Lipinski definition) is 1. The number of rotatable bonds is 12. The van der Waals surface area contributed by atoms with Crippen LogP contribution >= 0.6 is 11.8 Å². The standard InChI is InChI=1S/C38H47N3O4S/c1-4-23-39(25-27-15-9-6-10-16-27)34(43)31-32-35(44)41(30(26-42)28-17-11-7-12-18-28)33(38(32)22-21-37(31,3)46-38)36(45)40(24-5-2)29-19-13-8-14-20-29/h4-7,9-12,15-18,29-33,42H,1-2,8,13-14,19-26H2,3H3/t30-,31-,32+,33?,37+,38?/m1/s1. The Balaban J connectivity index is 1.44. The summed E-state index contributed by atoms with van der Waals surface area (Å²) in [6, 6.07) is 18.0. The average Bonchev–Trinajstić information content (AvgIpc) is 3.65. The van der Waals surface area contributed by atoms with E-state index in [0.717, 1.165) is 49.7 Å². The molecule has 2 bridgehead atoms. The Morgan fingerprint density at radius 1 is 0.978 bits per heavy atom. The SMILES string of the molecule is C=CCN(Cc1ccccc1)C(=O)[C@H]1[C@H]2C(=O)N([C@H](CO)c3ccccc3)C(C(=O)N(CC=C)C3CCCCC3)C23CC[C@]1(C)S3. The molecule has 2 aromatic rings. The number of hydrogen-bond acceptors (Lipinski definition) is 5. The van der Waals surface area contributed by atoms with E-state index in [4.69, 9.17) is 0 Å². The van der Waals surface area contributed by atoms with Crippen LogP contribution in [0.1, 0.15) is 69.0 Å². The molecule has 7 nitrogen and oxygen atoms in total. The summed E-state index contributed by atoms with van der Waals surface area (Å²) in [5, 5.41) is 10.9. The van der Waals surface area contributed by atoms with Gasteiger partial charge in [0.1, 0.15) is 6.04 Å². The summed E-state index contributed by atoms with van der Waals surface area (Å²) in [4.78, 5) is 50.3. The summed E-state index contributed by atoms with van der Waals surface area (Å²) < 4.78 is -1.26. The van der Waals surface area contributed by atoms with Crippen LogP contribution in [0.5, 0.6) is 0 Å². The Hall–Kier alpha value is -3.36.